The van der Waals surface area contributed by atoms with Crippen LogP contribution >= 0.6 is 0 Å². The number of carbonyl (C=O) groups excluding carboxylic acids is 2. The maximum absolute atomic E-state index is 12.7. The highest BCUT2D eigenvalue weighted by atomic mass is 16.2. The van der Waals surface area contributed by atoms with Crippen LogP contribution in [0.3, 0.4) is 0 Å². The number of rotatable bonds is 8. The Morgan fingerprint density at radius 2 is 1.62 bits per heavy atom. The fourth-order valence-corrected chi connectivity index (χ4v) is 2.72. The molecule has 0 spiro atoms. The van der Waals surface area contributed by atoms with Crippen LogP contribution in [0.15, 0.2) is 54.2 Å². The van der Waals surface area contributed by atoms with Gasteiger partial charge < -0.3 is 15.5 Å². The molecule has 154 valence electrons. The van der Waals surface area contributed by atoms with Crippen molar-refractivity contribution in [3.05, 3.63) is 76.5 Å². The van der Waals surface area contributed by atoms with Crippen LogP contribution in [-0.4, -0.2) is 39.0 Å². The topological polar surface area (TPSA) is 62.6 Å². The van der Waals surface area contributed by atoms with Gasteiger partial charge in [-0.25, -0.2) is 0 Å². The molecule has 5 nitrogen and oxygen atoms in total. The van der Waals surface area contributed by atoms with Gasteiger partial charge in [0.1, 0.15) is 5.70 Å². The Bertz CT molecular complexity index is 851. The molecular weight excluding hydrogens is 362 g/mol. The van der Waals surface area contributed by atoms with E-state index < -0.39 is 0 Å². The van der Waals surface area contributed by atoms with Crippen LogP contribution < -0.4 is 15.5 Å². The van der Waals surface area contributed by atoms with Gasteiger partial charge in [0, 0.05) is 5.56 Å². The van der Waals surface area contributed by atoms with Crippen molar-refractivity contribution in [2.24, 2.45) is 0 Å². The number of quaternary nitrogens is 1. The van der Waals surface area contributed by atoms with Gasteiger partial charge in [-0.2, -0.15) is 0 Å². The Balaban J connectivity index is 2.22. The summed E-state index contributed by atoms with van der Waals surface area (Å²) >= 11 is 0. The van der Waals surface area contributed by atoms with Crippen LogP contribution in [-0.2, 0) is 4.79 Å². The molecule has 2 amide bonds. The molecule has 0 atom stereocenters. The van der Waals surface area contributed by atoms with E-state index in [4.69, 9.17) is 0 Å². The average Bonchev–Trinajstić information content (AvgIpc) is 2.68. The maximum atomic E-state index is 12.7. The predicted molar refractivity (Wildman–Crippen MR) is 118 cm³/mol. The molecule has 0 aromatic heterocycles. The van der Waals surface area contributed by atoms with E-state index in [1.807, 2.05) is 57.4 Å². The number of nitrogens with one attached hydrogen (secondary N) is 3. The lowest BCUT2D eigenvalue weighted by molar-refractivity contribution is -0.856. The smallest absolute Gasteiger partial charge is 0.268 e. The number of hydrogen-bond donors (Lipinski definition) is 3. The second kappa shape index (κ2) is 10.6. The monoisotopic (exact) mass is 394 g/mol. The van der Waals surface area contributed by atoms with E-state index in [1.54, 1.807) is 18.2 Å². The van der Waals surface area contributed by atoms with E-state index in [1.165, 1.54) is 10.5 Å². The molecule has 0 bridgehead atoms. The van der Waals surface area contributed by atoms with E-state index >= 15 is 0 Å². The summed E-state index contributed by atoms with van der Waals surface area (Å²) in [5.41, 5.74) is 3.92. The minimum Gasteiger partial charge on any atom is -0.345 e. The molecule has 0 aliphatic heterocycles. The molecule has 0 unspecified atom stereocenters. The van der Waals surface area contributed by atoms with Crippen molar-refractivity contribution in [1.29, 1.82) is 0 Å². The van der Waals surface area contributed by atoms with Gasteiger partial charge >= 0.3 is 0 Å². The molecule has 0 heterocycles. The number of benzene rings is 2. The fourth-order valence-electron chi connectivity index (χ4n) is 2.72. The predicted octanol–water partition coefficient (Wildman–Crippen LogP) is 2.15. The number of carbonyl (C=O) groups is 2. The zero-order valence-corrected chi connectivity index (χ0v) is 18.0. The molecule has 0 aliphatic carbocycles. The second-order valence-electron chi connectivity index (χ2n) is 7.91. The normalized spacial score (nSPS) is 11.6. The quantitative estimate of drug-likeness (QED) is 0.601. The lowest BCUT2D eigenvalue weighted by Gasteiger charge is -2.13. The molecular formula is C24H32N3O2+. The molecule has 0 saturated heterocycles. The minimum absolute atomic E-state index is 0.238. The molecule has 29 heavy (non-hydrogen) atoms. The van der Waals surface area contributed by atoms with Gasteiger partial charge in [-0.3, -0.25) is 9.59 Å². The molecule has 0 fully saturated rings. The average molecular weight is 395 g/mol. The molecule has 0 radical (unpaired) electrons. The maximum Gasteiger partial charge on any atom is 0.268 e. The SMILES string of the molecule is Cc1ccc(C(=O)N/C(=C\c2ccc(C(C)C)cc2)C(=O)NCC[NH+](C)C)cc1. The summed E-state index contributed by atoms with van der Waals surface area (Å²) in [5.74, 6) is -0.159. The van der Waals surface area contributed by atoms with Crippen molar-refractivity contribution < 1.29 is 14.5 Å². The molecule has 0 saturated carbocycles. The molecule has 2 aromatic rings. The standard InChI is InChI=1S/C24H31N3O2/c1-17(2)20-12-8-19(9-13-20)16-22(24(29)25-14-15-27(4)5)26-23(28)21-10-6-18(3)7-11-21/h6-13,16-17H,14-15H2,1-5H3,(H,25,29)(H,26,28)/p+1/b22-16-. The van der Waals surface area contributed by atoms with Gasteiger partial charge in [0.05, 0.1) is 27.2 Å². The van der Waals surface area contributed by atoms with Crippen LogP contribution in [0.4, 0.5) is 0 Å². The number of hydrogen-bond acceptors (Lipinski definition) is 2. The summed E-state index contributed by atoms with van der Waals surface area (Å²) in [7, 11) is 4.05. The molecule has 2 aromatic carbocycles. The van der Waals surface area contributed by atoms with Gasteiger partial charge in [0.25, 0.3) is 11.8 Å². The number of aryl methyl sites for hydroxylation is 1. The largest absolute Gasteiger partial charge is 0.345 e. The van der Waals surface area contributed by atoms with Crippen molar-refractivity contribution in [2.45, 2.75) is 26.7 Å². The summed E-state index contributed by atoms with van der Waals surface area (Å²) in [6.07, 6.45) is 1.72. The lowest BCUT2D eigenvalue weighted by Crippen LogP contribution is -3.06. The Morgan fingerprint density at radius 1 is 1.00 bits per heavy atom. The summed E-state index contributed by atoms with van der Waals surface area (Å²) in [6, 6.07) is 15.3. The molecule has 3 N–H and O–H groups in total. The van der Waals surface area contributed by atoms with Gasteiger partial charge in [-0.1, -0.05) is 55.8 Å². The minimum atomic E-state index is -0.302. The van der Waals surface area contributed by atoms with E-state index in [0.717, 1.165) is 17.7 Å². The number of amides is 2. The fraction of sp³-hybridized carbons (Fsp3) is 0.333. The first-order chi connectivity index (χ1) is 13.8. The van der Waals surface area contributed by atoms with Crippen LogP contribution in [0, 0.1) is 6.92 Å². The number of likely N-dealkylation sites (N-methyl/N-ethyl adjacent to an activating group) is 1. The van der Waals surface area contributed by atoms with E-state index in [0.29, 0.717) is 18.0 Å². The first kappa shape index (κ1) is 22.4. The van der Waals surface area contributed by atoms with Gasteiger partial charge in [0.2, 0.25) is 0 Å². The Labute approximate surface area is 173 Å². The third kappa shape index (κ3) is 7.20. The van der Waals surface area contributed by atoms with Crippen molar-refractivity contribution >= 4 is 17.9 Å². The first-order valence-electron chi connectivity index (χ1n) is 10.0. The third-order valence-corrected chi connectivity index (χ3v) is 4.63. The van der Waals surface area contributed by atoms with Gasteiger partial charge in [-0.15, -0.1) is 0 Å². The molecule has 0 aliphatic rings. The first-order valence-corrected chi connectivity index (χ1v) is 10.0. The van der Waals surface area contributed by atoms with Crippen LogP contribution in [0.25, 0.3) is 6.08 Å². The van der Waals surface area contributed by atoms with E-state index in [2.05, 4.69) is 24.5 Å². The van der Waals surface area contributed by atoms with Crippen molar-refractivity contribution in [1.82, 2.24) is 10.6 Å². The van der Waals surface area contributed by atoms with Crippen molar-refractivity contribution in [3.8, 4) is 0 Å². The van der Waals surface area contributed by atoms with E-state index in [-0.39, 0.29) is 17.5 Å². The van der Waals surface area contributed by atoms with E-state index in [9.17, 15) is 9.59 Å². The lowest BCUT2D eigenvalue weighted by atomic mass is 10.0. The zero-order valence-electron chi connectivity index (χ0n) is 18.0. The molecule has 5 heteroatoms. The van der Waals surface area contributed by atoms with Crippen molar-refractivity contribution in [2.75, 3.05) is 27.2 Å². The summed E-state index contributed by atoms with van der Waals surface area (Å²) in [4.78, 5) is 26.6. The summed E-state index contributed by atoms with van der Waals surface area (Å²) in [5, 5.41) is 5.67. The Kier molecular flexibility index (Phi) is 8.16. The highest BCUT2D eigenvalue weighted by Crippen LogP contribution is 2.16. The third-order valence-electron chi connectivity index (χ3n) is 4.63. The van der Waals surface area contributed by atoms with Crippen molar-refractivity contribution in [3.63, 3.8) is 0 Å². The highest BCUT2D eigenvalue weighted by Gasteiger charge is 2.15. The Morgan fingerprint density at radius 3 is 2.17 bits per heavy atom. The zero-order chi connectivity index (χ0) is 21.4. The van der Waals surface area contributed by atoms with Crippen LogP contribution in [0.2, 0.25) is 0 Å². The summed E-state index contributed by atoms with van der Waals surface area (Å²) in [6.45, 7) is 7.57. The Hall–Kier alpha value is -2.92. The highest BCUT2D eigenvalue weighted by molar-refractivity contribution is 6.05. The molecule has 2 rings (SSSR count). The van der Waals surface area contributed by atoms with Crippen LogP contribution in [0.5, 0.6) is 0 Å². The van der Waals surface area contributed by atoms with Gasteiger partial charge in [0.15, 0.2) is 0 Å². The summed E-state index contributed by atoms with van der Waals surface area (Å²) < 4.78 is 0. The van der Waals surface area contributed by atoms with Crippen LogP contribution in [0.1, 0.15) is 46.8 Å². The van der Waals surface area contributed by atoms with Gasteiger partial charge in [-0.05, 0) is 42.2 Å². The second-order valence-corrected chi connectivity index (χ2v) is 7.91.